The summed E-state index contributed by atoms with van der Waals surface area (Å²) in [6.45, 7) is 1.82. The number of nitrogens with one attached hydrogen (secondary N) is 2. The Labute approximate surface area is 227 Å². The summed E-state index contributed by atoms with van der Waals surface area (Å²) in [7, 11) is 1.57. The summed E-state index contributed by atoms with van der Waals surface area (Å²) < 4.78 is 5.13. The molecule has 36 heavy (non-hydrogen) atoms. The molecule has 1 heterocycles. The van der Waals surface area contributed by atoms with Crippen LogP contribution in [0.4, 0.5) is 10.8 Å². The van der Waals surface area contributed by atoms with Gasteiger partial charge >= 0.3 is 0 Å². The van der Waals surface area contributed by atoms with Gasteiger partial charge in [-0.3, -0.25) is 9.59 Å². The molecule has 0 saturated heterocycles. The van der Waals surface area contributed by atoms with E-state index in [4.69, 9.17) is 27.9 Å². The lowest BCUT2D eigenvalue weighted by atomic mass is 10.2. The smallest absolute Gasteiger partial charge is 0.255 e. The molecule has 1 unspecified atom stereocenters. The van der Waals surface area contributed by atoms with Gasteiger partial charge in [-0.1, -0.05) is 35.3 Å². The monoisotopic (exact) mass is 557 g/mol. The third-order valence-electron chi connectivity index (χ3n) is 5.08. The van der Waals surface area contributed by atoms with Crippen LogP contribution < -0.4 is 15.4 Å². The average Bonchev–Trinajstić information content (AvgIpc) is 3.34. The van der Waals surface area contributed by atoms with Crippen LogP contribution in [-0.4, -0.2) is 29.2 Å². The molecule has 184 valence electrons. The molecule has 4 aromatic rings. The number of ether oxygens (including phenoxy) is 1. The van der Waals surface area contributed by atoms with E-state index in [0.717, 1.165) is 10.5 Å². The number of thiazole rings is 1. The molecule has 0 spiro atoms. The number of rotatable bonds is 8. The zero-order valence-corrected chi connectivity index (χ0v) is 22.4. The maximum Gasteiger partial charge on any atom is 0.255 e. The van der Waals surface area contributed by atoms with Crippen LogP contribution in [0.1, 0.15) is 17.3 Å². The van der Waals surface area contributed by atoms with Gasteiger partial charge in [0.15, 0.2) is 5.13 Å². The van der Waals surface area contributed by atoms with Crippen molar-refractivity contribution < 1.29 is 14.3 Å². The van der Waals surface area contributed by atoms with Gasteiger partial charge in [0.2, 0.25) is 5.91 Å². The van der Waals surface area contributed by atoms with Crippen molar-refractivity contribution in [1.82, 2.24) is 4.98 Å². The summed E-state index contributed by atoms with van der Waals surface area (Å²) in [5, 5.41) is 8.62. The SMILES string of the molecule is COc1ccc(C(=O)Nc2cccc(SC(C)C(=O)Nc3nc(-c4ccc(Cl)c(Cl)c4)cs3)c2)cc1. The minimum atomic E-state index is -0.394. The highest BCUT2D eigenvalue weighted by atomic mass is 35.5. The standard InChI is InChI=1S/C26H21Cl2N3O3S2/c1-15(24(32)31-26-30-23(14-35-26)17-8-11-21(27)22(28)12-17)36-20-5-3-4-18(13-20)29-25(33)16-6-9-19(34-2)10-7-16/h3-15H,1-2H3,(H,29,33)(H,30,31,32). The van der Waals surface area contributed by atoms with Crippen molar-refractivity contribution >= 4 is 68.9 Å². The van der Waals surface area contributed by atoms with Gasteiger partial charge in [-0.05, 0) is 61.5 Å². The van der Waals surface area contributed by atoms with E-state index in [1.54, 1.807) is 49.6 Å². The number of aromatic nitrogens is 1. The third kappa shape index (κ3) is 6.59. The molecule has 1 aromatic heterocycles. The molecule has 4 rings (SSSR count). The van der Waals surface area contributed by atoms with Gasteiger partial charge in [-0.25, -0.2) is 4.98 Å². The Balaban J connectivity index is 1.36. The number of nitrogens with zero attached hydrogens (tertiary/aromatic N) is 1. The summed E-state index contributed by atoms with van der Waals surface area (Å²) in [6.07, 6.45) is 0. The van der Waals surface area contributed by atoms with Gasteiger partial charge in [-0.15, -0.1) is 23.1 Å². The Hall–Kier alpha value is -3.04. The average molecular weight is 559 g/mol. The summed E-state index contributed by atoms with van der Waals surface area (Å²) >= 11 is 14.8. The summed E-state index contributed by atoms with van der Waals surface area (Å²) in [6, 6.07) is 19.5. The first-order valence-corrected chi connectivity index (χ1v) is 13.3. The second kappa shape index (κ2) is 11.8. The molecule has 0 saturated carbocycles. The maximum atomic E-state index is 12.8. The summed E-state index contributed by atoms with van der Waals surface area (Å²) in [5.74, 6) is 0.274. The Bertz CT molecular complexity index is 1390. The first kappa shape index (κ1) is 26.0. The summed E-state index contributed by atoms with van der Waals surface area (Å²) in [5.41, 5.74) is 2.68. The number of thioether (sulfide) groups is 1. The number of benzene rings is 3. The fourth-order valence-electron chi connectivity index (χ4n) is 3.18. The van der Waals surface area contributed by atoms with Crippen LogP contribution in [0.15, 0.2) is 77.0 Å². The molecule has 6 nitrogen and oxygen atoms in total. The van der Waals surface area contributed by atoms with Crippen LogP contribution in [0, 0.1) is 0 Å². The molecule has 3 aromatic carbocycles. The molecule has 0 aliphatic carbocycles. The molecule has 2 amide bonds. The number of carbonyl (C=O) groups is 2. The molecular weight excluding hydrogens is 537 g/mol. The number of halogens is 2. The number of anilines is 2. The second-order valence-corrected chi connectivity index (χ2v) is 10.7. The predicted molar refractivity (Wildman–Crippen MR) is 149 cm³/mol. The Morgan fingerprint density at radius 1 is 1.00 bits per heavy atom. The minimum Gasteiger partial charge on any atom is -0.497 e. The van der Waals surface area contributed by atoms with Gasteiger partial charge < -0.3 is 15.4 Å². The van der Waals surface area contributed by atoms with Crippen molar-refractivity contribution in [1.29, 1.82) is 0 Å². The topological polar surface area (TPSA) is 80.3 Å². The molecule has 10 heteroatoms. The summed E-state index contributed by atoms with van der Waals surface area (Å²) in [4.78, 5) is 30.7. The zero-order valence-electron chi connectivity index (χ0n) is 19.2. The van der Waals surface area contributed by atoms with E-state index in [0.29, 0.717) is 37.9 Å². The molecule has 0 radical (unpaired) electrons. The fourth-order valence-corrected chi connectivity index (χ4v) is 5.12. The van der Waals surface area contributed by atoms with Crippen molar-refractivity contribution in [2.24, 2.45) is 0 Å². The third-order valence-corrected chi connectivity index (χ3v) is 7.67. The predicted octanol–water partition coefficient (Wildman–Crippen LogP) is 7.50. The first-order valence-electron chi connectivity index (χ1n) is 10.8. The van der Waals surface area contributed by atoms with E-state index in [1.807, 2.05) is 36.6 Å². The van der Waals surface area contributed by atoms with Gasteiger partial charge in [0.1, 0.15) is 5.75 Å². The van der Waals surface area contributed by atoms with Crippen LogP contribution in [0.2, 0.25) is 10.0 Å². The lowest BCUT2D eigenvalue weighted by molar-refractivity contribution is -0.115. The largest absolute Gasteiger partial charge is 0.497 e. The van der Waals surface area contributed by atoms with E-state index in [1.165, 1.54) is 23.1 Å². The fraction of sp³-hybridized carbons (Fsp3) is 0.115. The zero-order chi connectivity index (χ0) is 25.7. The van der Waals surface area contributed by atoms with Crippen molar-refractivity contribution in [3.8, 4) is 17.0 Å². The minimum absolute atomic E-state index is 0.178. The Morgan fingerprint density at radius 3 is 2.50 bits per heavy atom. The molecule has 0 bridgehead atoms. The second-order valence-electron chi connectivity index (χ2n) is 7.63. The number of hydrogen-bond acceptors (Lipinski definition) is 6. The lowest BCUT2D eigenvalue weighted by Crippen LogP contribution is -2.22. The van der Waals surface area contributed by atoms with Gasteiger partial charge in [0, 0.05) is 27.1 Å². The van der Waals surface area contributed by atoms with Crippen LogP contribution in [-0.2, 0) is 4.79 Å². The van der Waals surface area contributed by atoms with Crippen molar-refractivity contribution in [2.75, 3.05) is 17.7 Å². The normalized spacial score (nSPS) is 11.6. The number of carbonyl (C=O) groups excluding carboxylic acids is 2. The van der Waals surface area contributed by atoms with Gasteiger partial charge in [0.05, 0.1) is 28.1 Å². The molecule has 0 aliphatic rings. The van der Waals surface area contributed by atoms with Crippen LogP contribution in [0.5, 0.6) is 5.75 Å². The molecule has 1 atom stereocenters. The highest BCUT2D eigenvalue weighted by molar-refractivity contribution is 8.00. The molecular formula is C26H21Cl2N3O3S2. The number of hydrogen-bond donors (Lipinski definition) is 2. The Kier molecular flexibility index (Phi) is 8.53. The van der Waals surface area contributed by atoms with Crippen LogP contribution in [0.3, 0.4) is 0 Å². The number of methoxy groups -OCH3 is 1. The lowest BCUT2D eigenvalue weighted by Gasteiger charge is -2.12. The van der Waals surface area contributed by atoms with E-state index >= 15 is 0 Å². The highest BCUT2D eigenvalue weighted by Gasteiger charge is 2.17. The van der Waals surface area contributed by atoms with Crippen LogP contribution in [0.25, 0.3) is 11.3 Å². The van der Waals surface area contributed by atoms with E-state index < -0.39 is 5.25 Å². The molecule has 0 aliphatic heterocycles. The maximum absolute atomic E-state index is 12.8. The first-order chi connectivity index (χ1) is 17.3. The van der Waals surface area contributed by atoms with E-state index in [-0.39, 0.29) is 11.8 Å². The van der Waals surface area contributed by atoms with Gasteiger partial charge in [-0.2, -0.15) is 0 Å². The molecule has 2 N–H and O–H groups in total. The van der Waals surface area contributed by atoms with Crippen molar-refractivity contribution in [2.45, 2.75) is 17.1 Å². The highest BCUT2D eigenvalue weighted by Crippen LogP contribution is 2.31. The van der Waals surface area contributed by atoms with E-state index in [2.05, 4.69) is 15.6 Å². The number of amides is 2. The van der Waals surface area contributed by atoms with E-state index in [9.17, 15) is 9.59 Å². The Morgan fingerprint density at radius 2 is 1.78 bits per heavy atom. The molecule has 0 fully saturated rings. The van der Waals surface area contributed by atoms with Crippen molar-refractivity contribution in [3.63, 3.8) is 0 Å². The van der Waals surface area contributed by atoms with Gasteiger partial charge in [0.25, 0.3) is 5.91 Å². The quantitative estimate of drug-likeness (QED) is 0.219. The van der Waals surface area contributed by atoms with Crippen molar-refractivity contribution in [3.05, 3.63) is 87.7 Å². The van der Waals surface area contributed by atoms with Crippen LogP contribution >= 0.6 is 46.3 Å².